The highest BCUT2D eigenvalue weighted by Gasteiger charge is 2.27. The zero-order valence-electron chi connectivity index (χ0n) is 12.9. The lowest BCUT2D eigenvalue weighted by molar-refractivity contribution is -0.124. The van der Waals surface area contributed by atoms with Gasteiger partial charge in [-0.15, -0.1) is 17.8 Å². The van der Waals surface area contributed by atoms with E-state index in [1.165, 1.54) is 18.3 Å². The molecule has 6 nitrogen and oxygen atoms in total. The van der Waals surface area contributed by atoms with Gasteiger partial charge in [0.1, 0.15) is 5.00 Å². The van der Waals surface area contributed by atoms with Gasteiger partial charge in [-0.05, 0) is 31.2 Å². The van der Waals surface area contributed by atoms with Gasteiger partial charge in [0.25, 0.3) is 5.91 Å². The average molecular weight is 334 g/mol. The van der Waals surface area contributed by atoms with E-state index in [4.69, 9.17) is 11.2 Å². The van der Waals surface area contributed by atoms with Crippen LogP contribution in [0, 0.1) is 12.3 Å². The summed E-state index contributed by atoms with van der Waals surface area (Å²) in [7, 11) is 0. The van der Waals surface area contributed by atoms with Crippen molar-refractivity contribution in [1.29, 1.82) is 0 Å². The Morgan fingerprint density at radius 3 is 2.74 bits per heavy atom. The minimum atomic E-state index is -0.594. The van der Waals surface area contributed by atoms with E-state index in [0.29, 0.717) is 10.6 Å². The standard InChI is InChI=1S/C16H18N2O4S/c1-3-8-17-13(20)9-22-16(21)14-11-6-4-5-7-12(11)23-15(14)18-10(2)19/h1H,4-9H2,2H3,(H,17,20)(H,18,19). The van der Waals surface area contributed by atoms with E-state index in [-0.39, 0.29) is 12.5 Å². The molecule has 122 valence electrons. The number of rotatable bonds is 5. The molecule has 0 spiro atoms. The van der Waals surface area contributed by atoms with E-state index in [1.54, 1.807) is 0 Å². The van der Waals surface area contributed by atoms with Gasteiger partial charge >= 0.3 is 5.97 Å². The number of carbonyl (C=O) groups is 3. The lowest BCUT2D eigenvalue weighted by atomic mass is 9.95. The number of ether oxygens (including phenoxy) is 1. The first-order valence-corrected chi connectivity index (χ1v) is 8.14. The number of aryl methyl sites for hydroxylation is 1. The van der Waals surface area contributed by atoms with Crippen LogP contribution in [0.2, 0.25) is 0 Å². The number of terminal acetylenes is 1. The largest absolute Gasteiger partial charge is 0.452 e. The van der Waals surface area contributed by atoms with Crippen LogP contribution in [0.4, 0.5) is 5.00 Å². The van der Waals surface area contributed by atoms with Gasteiger partial charge in [-0.1, -0.05) is 5.92 Å². The van der Waals surface area contributed by atoms with Crippen LogP contribution < -0.4 is 10.6 Å². The number of hydrogen-bond donors (Lipinski definition) is 2. The molecule has 0 aromatic carbocycles. The second kappa shape index (κ2) is 7.79. The molecule has 7 heteroatoms. The first-order chi connectivity index (χ1) is 11.0. The topological polar surface area (TPSA) is 84.5 Å². The van der Waals surface area contributed by atoms with Crippen molar-refractivity contribution >= 4 is 34.1 Å². The van der Waals surface area contributed by atoms with Crippen LogP contribution in [-0.4, -0.2) is 30.9 Å². The van der Waals surface area contributed by atoms with Crippen molar-refractivity contribution in [2.24, 2.45) is 0 Å². The number of amides is 2. The number of esters is 1. The SMILES string of the molecule is C#CCNC(=O)COC(=O)c1c(NC(C)=O)sc2c1CCCC2. The average Bonchev–Trinajstić information content (AvgIpc) is 2.87. The minimum absolute atomic E-state index is 0.0847. The predicted molar refractivity (Wildman–Crippen MR) is 87.4 cm³/mol. The Morgan fingerprint density at radius 1 is 1.30 bits per heavy atom. The van der Waals surface area contributed by atoms with Crippen molar-refractivity contribution in [3.63, 3.8) is 0 Å². The molecule has 0 radical (unpaired) electrons. The number of fused-ring (bicyclic) bond motifs is 1. The van der Waals surface area contributed by atoms with Crippen LogP contribution in [-0.2, 0) is 27.2 Å². The maximum atomic E-state index is 12.4. The fraction of sp³-hybridized carbons (Fsp3) is 0.438. The van der Waals surface area contributed by atoms with Crippen molar-refractivity contribution in [2.75, 3.05) is 18.5 Å². The molecule has 2 rings (SSSR count). The number of thiophene rings is 1. The summed E-state index contributed by atoms with van der Waals surface area (Å²) in [6.07, 6.45) is 8.77. The molecule has 2 amide bonds. The molecule has 1 aliphatic carbocycles. The first kappa shape index (κ1) is 17.0. The molecule has 0 unspecified atom stereocenters. The van der Waals surface area contributed by atoms with Crippen molar-refractivity contribution in [3.8, 4) is 12.3 Å². The molecular formula is C16H18N2O4S. The van der Waals surface area contributed by atoms with Crippen molar-refractivity contribution in [3.05, 3.63) is 16.0 Å². The number of hydrogen-bond acceptors (Lipinski definition) is 5. The van der Waals surface area contributed by atoms with E-state index in [2.05, 4.69) is 16.6 Å². The highest BCUT2D eigenvalue weighted by Crippen LogP contribution is 2.38. The van der Waals surface area contributed by atoms with Crippen LogP contribution >= 0.6 is 11.3 Å². The smallest absolute Gasteiger partial charge is 0.341 e. The molecular weight excluding hydrogens is 316 g/mol. The Labute approximate surface area is 138 Å². The highest BCUT2D eigenvalue weighted by atomic mass is 32.1. The summed E-state index contributed by atoms with van der Waals surface area (Å²) in [4.78, 5) is 36.3. The van der Waals surface area contributed by atoms with Gasteiger partial charge in [0.15, 0.2) is 6.61 Å². The van der Waals surface area contributed by atoms with Crippen LogP contribution in [0.25, 0.3) is 0 Å². The van der Waals surface area contributed by atoms with Crippen LogP contribution in [0.1, 0.15) is 40.6 Å². The summed E-state index contributed by atoms with van der Waals surface area (Å²) >= 11 is 1.41. The normalized spacial score (nSPS) is 12.7. The fourth-order valence-electron chi connectivity index (χ4n) is 2.43. The Morgan fingerprint density at radius 2 is 2.04 bits per heavy atom. The zero-order chi connectivity index (χ0) is 16.8. The second-order valence-electron chi connectivity index (χ2n) is 5.15. The Hall–Kier alpha value is -2.33. The minimum Gasteiger partial charge on any atom is -0.452 e. The molecule has 0 bridgehead atoms. The molecule has 2 N–H and O–H groups in total. The second-order valence-corrected chi connectivity index (χ2v) is 6.26. The Bertz CT molecular complexity index is 672. The third-order valence-electron chi connectivity index (χ3n) is 3.39. The van der Waals surface area contributed by atoms with Gasteiger partial charge in [-0.2, -0.15) is 0 Å². The molecule has 0 fully saturated rings. The molecule has 1 aromatic heterocycles. The predicted octanol–water partition coefficient (Wildman–Crippen LogP) is 1.49. The molecule has 0 saturated carbocycles. The van der Waals surface area contributed by atoms with E-state index in [0.717, 1.165) is 36.1 Å². The lowest BCUT2D eigenvalue weighted by Gasteiger charge is -2.12. The lowest BCUT2D eigenvalue weighted by Crippen LogP contribution is -2.29. The first-order valence-electron chi connectivity index (χ1n) is 7.32. The van der Waals surface area contributed by atoms with Gasteiger partial charge in [-0.25, -0.2) is 4.79 Å². The van der Waals surface area contributed by atoms with Crippen LogP contribution in [0.3, 0.4) is 0 Å². The molecule has 1 aromatic rings. The molecule has 0 saturated heterocycles. The van der Waals surface area contributed by atoms with Crippen molar-refractivity contribution in [1.82, 2.24) is 5.32 Å². The molecule has 0 atom stereocenters. The summed E-state index contributed by atoms with van der Waals surface area (Å²) in [5.74, 6) is 0.971. The third-order valence-corrected chi connectivity index (χ3v) is 4.59. The summed E-state index contributed by atoms with van der Waals surface area (Å²) < 4.78 is 5.07. The van der Waals surface area contributed by atoms with Crippen LogP contribution in [0.5, 0.6) is 0 Å². The number of anilines is 1. The Balaban J connectivity index is 2.14. The van der Waals surface area contributed by atoms with Gasteiger partial charge in [-0.3, -0.25) is 9.59 Å². The number of nitrogens with one attached hydrogen (secondary N) is 2. The molecule has 0 aliphatic heterocycles. The van der Waals surface area contributed by atoms with Crippen molar-refractivity contribution < 1.29 is 19.1 Å². The third kappa shape index (κ3) is 4.33. The van der Waals surface area contributed by atoms with Gasteiger partial charge in [0.2, 0.25) is 5.91 Å². The van der Waals surface area contributed by atoms with E-state index >= 15 is 0 Å². The maximum absolute atomic E-state index is 12.4. The van der Waals surface area contributed by atoms with Crippen LogP contribution in [0.15, 0.2) is 0 Å². The Kier molecular flexibility index (Phi) is 5.77. The zero-order valence-corrected chi connectivity index (χ0v) is 13.7. The fourth-order valence-corrected chi connectivity index (χ4v) is 3.76. The summed E-state index contributed by atoms with van der Waals surface area (Å²) in [5, 5.41) is 5.61. The molecule has 1 heterocycles. The highest BCUT2D eigenvalue weighted by molar-refractivity contribution is 7.17. The van der Waals surface area contributed by atoms with E-state index in [1.807, 2.05) is 0 Å². The van der Waals surface area contributed by atoms with E-state index < -0.39 is 18.5 Å². The van der Waals surface area contributed by atoms with Gasteiger partial charge in [0, 0.05) is 11.8 Å². The van der Waals surface area contributed by atoms with Gasteiger partial charge < -0.3 is 15.4 Å². The molecule has 23 heavy (non-hydrogen) atoms. The number of carbonyl (C=O) groups excluding carboxylic acids is 3. The monoisotopic (exact) mass is 334 g/mol. The van der Waals surface area contributed by atoms with Crippen molar-refractivity contribution in [2.45, 2.75) is 32.6 Å². The van der Waals surface area contributed by atoms with Gasteiger partial charge in [0.05, 0.1) is 12.1 Å². The summed E-state index contributed by atoms with van der Waals surface area (Å²) in [5.41, 5.74) is 1.31. The summed E-state index contributed by atoms with van der Waals surface area (Å²) in [6.45, 7) is 1.08. The quantitative estimate of drug-likeness (QED) is 0.631. The summed E-state index contributed by atoms with van der Waals surface area (Å²) in [6, 6.07) is 0. The maximum Gasteiger partial charge on any atom is 0.341 e. The molecule has 1 aliphatic rings. The van der Waals surface area contributed by atoms with E-state index in [9.17, 15) is 14.4 Å².